The molecule has 1 aliphatic heterocycles. The second-order valence-corrected chi connectivity index (χ2v) is 10.2. The Bertz CT molecular complexity index is 1180. The Kier molecular flexibility index (Phi) is 4.81. The molecule has 0 saturated carbocycles. The predicted molar refractivity (Wildman–Crippen MR) is 117 cm³/mol. The highest BCUT2D eigenvalue weighted by Gasteiger charge is 2.42. The zero-order valence-corrected chi connectivity index (χ0v) is 18.6. The molecule has 160 valence electrons. The third kappa shape index (κ3) is 3.88. The number of quaternary nitrogens is 1. The summed E-state index contributed by atoms with van der Waals surface area (Å²) in [6.07, 6.45) is 3.50. The molecule has 0 unspecified atom stereocenters. The Balaban J connectivity index is 1.61. The molecule has 6 nitrogen and oxygen atoms in total. The van der Waals surface area contributed by atoms with Crippen LogP contribution in [0.1, 0.15) is 57.2 Å². The van der Waals surface area contributed by atoms with Crippen molar-refractivity contribution in [2.24, 2.45) is 0 Å². The SMILES string of the molecule is Cc1coc2cc3oc(=O)c(CC(=O)NC4CC(C)(C)[NH2+]C(C)(C)C4)c(C)c3cc12. The molecular weight excluding hydrogens is 380 g/mol. The van der Waals surface area contributed by atoms with E-state index in [-0.39, 0.29) is 29.4 Å². The molecule has 6 heteroatoms. The molecule has 1 amide bonds. The molecule has 3 aromatic rings. The van der Waals surface area contributed by atoms with Crippen LogP contribution in [0.3, 0.4) is 0 Å². The summed E-state index contributed by atoms with van der Waals surface area (Å²) in [4.78, 5) is 25.5. The van der Waals surface area contributed by atoms with Gasteiger partial charge in [-0.1, -0.05) is 0 Å². The molecule has 1 fully saturated rings. The molecule has 2 aromatic heterocycles. The summed E-state index contributed by atoms with van der Waals surface area (Å²) >= 11 is 0. The first-order valence-electron chi connectivity index (χ1n) is 10.5. The second-order valence-electron chi connectivity index (χ2n) is 10.2. The fourth-order valence-corrected chi connectivity index (χ4v) is 5.30. The van der Waals surface area contributed by atoms with Gasteiger partial charge in [0.15, 0.2) is 0 Å². The third-order valence-corrected chi connectivity index (χ3v) is 6.20. The first-order valence-corrected chi connectivity index (χ1v) is 10.5. The van der Waals surface area contributed by atoms with E-state index in [2.05, 4.69) is 38.3 Å². The van der Waals surface area contributed by atoms with Crippen LogP contribution >= 0.6 is 0 Å². The van der Waals surface area contributed by atoms with E-state index in [4.69, 9.17) is 8.83 Å². The van der Waals surface area contributed by atoms with Crippen LogP contribution in [0.2, 0.25) is 0 Å². The smallest absolute Gasteiger partial charge is 0.340 e. The molecule has 1 aromatic carbocycles. The number of furan rings is 1. The summed E-state index contributed by atoms with van der Waals surface area (Å²) < 4.78 is 11.1. The fraction of sp³-hybridized carbons (Fsp3) is 0.500. The molecular formula is C24H31N2O4+. The Hall–Kier alpha value is -2.60. The first-order chi connectivity index (χ1) is 13.9. The van der Waals surface area contributed by atoms with Crippen LogP contribution in [0.25, 0.3) is 21.9 Å². The van der Waals surface area contributed by atoms with E-state index in [0.29, 0.717) is 16.7 Å². The quantitative estimate of drug-likeness (QED) is 0.648. The highest BCUT2D eigenvalue weighted by molar-refractivity contribution is 5.96. The van der Waals surface area contributed by atoms with Crippen LogP contribution in [0.15, 0.2) is 32.0 Å². The van der Waals surface area contributed by atoms with Gasteiger partial charge in [0.05, 0.1) is 29.3 Å². The van der Waals surface area contributed by atoms with E-state index in [1.807, 2.05) is 19.9 Å². The Labute approximate surface area is 176 Å². The molecule has 4 rings (SSSR count). The van der Waals surface area contributed by atoms with Gasteiger partial charge in [0, 0.05) is 35.7 Å². The molecule has 3 heterocycles. The lowest BCUT2D eigenvalue weighted by atomic mass is 9.79. The lowest BCUT2D eigenvalue weighted by Crippen LogP contribution is -3.06. The topological polar surface area (TPSA) is 89.1 Å². The minimum absolute atomic E-state index is 0.0214. The van der Waals surface area contributed by atoms with E-state index < -0.39 is 5.63 Å². The molecule has 0 atom stereocenters. The highest BCUT2D eigenvalue weighted by Crippen LogP contribution is 2.29. The lowest BCUT2D eigenvalue weighted by Gasteiger charge is -2.43. The summed E-state index contributed by atoms with van der Waals surface area (Å²) in [5, 5.41) is 7.36. The number of nitrogens with two attached hydrogens (primary N) is 1. The number of benzene rings is 1. The molecule has 0 spiro atoms. The second kappa shape index (κ2) is 6.98. The number of hydrogen-bond acceptors (Lipinski definition) is 4. The lowest BCUT2D eigenvalue weighted by molar-refractivity contribution is -0.787. The van der Waals surface area contributed by atoms with Crippen molar-refractivity contribution in [3.8, 4) is 0 Å². The number of piperidine rings is 1. The van der Waals surface area contributed by atoms with Crippen LogP contribution in [0.4, 0.5) is 0 Å². The zero-order valence-electron chi connectivity index (χ0n) is 18.6. The van der Waals surface area contributed by atoms with Crippen molar-refractivity contribution in [3.05, 3.63) is 45.5 Å². The van der Waals surface area contributed by atoms with Gasteiger partial charge in [-0.05, 0) is 58.7 Å². The summed E-state index contributed by atoms with van der Waals surface area (Å²) in [5.41, 5.74) is 3.06. The number of carbonyl (C=O) groups excluding carboxylic acids is 1. The van der Waals surface area contributed by atoms with E-state index in [0.717, 1.165) is 34.7 Å². The number of fused-ring (bicyclic) bond motifs is 2. The van der Waals surface area contributed by atoms with Crippen LogP contribution in [-0.4, -0.2) is 23.0 Å². The van der Waals surface area contributed by atoms with Crippen LogP contribution in [0, 0.1) is 13.8 Å². The van der Waals surface area contributed by atoms with Crippen LogP contribution in [0.5, 0.6) is 0 Å². The Morgan fingerprint density at radius 1 is 1.10 bits per heavy atom. The maximum atomic E-state index is 12.9. The van der Waals surface area contributed by atoms with Gasteiger partial charge in [0.25, 0.3) is 0 Å². The van der Waals surface area contributed by atoms with Gasteiger partial charge in [0.1, 0.15) is 11.2 Å². The van der Waals surface area contributed by atoms with Crippen LogP contribution in [-0.2, 0) is 11.2 Å². The van der Waals surface area contributed by atoms with Crippen molar-refractivity contribution < 1.29 is 18.9 Å². The van der Waals surface area contributed by atoms with Gasteiger partial charge in [-0.3, -0.25) is 4.79 Å². The maximum Gasteiger partial charge on any atom is 0.340 e. The van der Waals surface area contributed by atoms with Crippen molar-refractivity contribution in [1.29, 1.82) is 0 Å². The number of hydrogen-bond donors (Lipinski definition) is 2. The van der Waals surface area contributed by atoms with Gasteiger partial charge in [-0.2, -0.15) is 0 Å². The minimum Gasteiger partial charge on any atom is -0.464 e. The first kappa shape index (κ1) is 20.7. The van der Waals surface area contributed by atoms with E-state index >= 15 is 0 Å². The van der Waals surface area contributed by atoms with Gasteiger partial charge >= 0.3 is 5.63 Å². The van der Waals surface area contributed by atoms with Crippen LogP contribution < -0.4 is 16.3 Å². The maximum absolute atomic E-state index is 12.9. The minimum atomic E-state index is -0.463. The summed E-state index contributed by atoms with van der Waals surface area (Å²) in [7, 11) is 0. The van der Waals surface area contributed by atoms with E-state index in [1.54, 1.807) is 12.3 Å². The Morgan fingerprint density at radius 2 is 1.77 bits per heavy atom. The van der Waals surface area contributed by atoms with Crippen molar-refractivity contribution in [2.45, 2.75) is 77.9 Å². The average molecular weight is 412 g/mol. The van der Waals surface area contributed by atoms with Crippen molar-refractivity contribution in [2.75, 3.05) is 0 Å². The molecule has 0 bridgehead atoms. The summed E-state index contributed by atoms with van der Waals surface area (Å²) in [6, 6.07) is 3.82. The van der Waals surface area contributed by atoms with Crippen molar-refractivity contribution >= 4 is 27.8 Å². The van der Waals surface area contributed by atoms with E-state index in [1.165, 1.54) is 0 Å². The van der Waals surface area contributed by atoms with Crippen molar-refractivity contribution in [1.82, 2.24) is 5.32 Å². The van der Waals surface area contributed by atoms with Gasteiger partial charge < -0.3 is 19.5 Å². The number of nitrogens with one attached hydrogen (secondary N) is 1. The average Bonchev–Trinajstić information content (AvgIpc) is 2.94. The van der Waals surface area contributed by atoms with Gasteiger partial charge in [-0.15, -0.1) is 0 Å². The number of amides is 1. The third-order valence-electron chi connectivity index (χ3n) is 6.20. The molecule has 30 heavy (non-hydrogen) atoms. The fourth-order valence-electron chi connectivity index (χ4n) is 5.30. The zero-order chi connectivity index (χ0) is 21.8. The van der Waals surface area contributed by atoms with Gasteiger partial charge in [-0.25, -0.2) is 4.79 Å². The largest absolute Gasteiger partial charge is 0.464 e. The Morgan fingerprint density at radius 3 is 2.43 bits per heavy atom. The number of aryl methyl sites for hydroxylation is 2. The number of carbonyl (C=O) groups is 1. The van der Waals surface area contributed by atoms with E-state index in [9.17, 15) is 9.59 Å². The number of rotatable bonds is 3. The summed E-state index contributed by atoms with van der Waals surface area (Å²) in [6.45, 7) is 12.7. The molecule has 3 N–H and O–H groups in total. The predicted octanol–water partition coefficient (Wildman–Crippen LogP) is 3.10. The molecule has 1 aliphatic rings. The van der Waals surface area contributed by atoms with Gasteiger partial charge in [0.2, 0.25) is 5.91 Å². The standard InChI is InChI=1S/C24H30N2O4/c1-13-12-29-19-9-20-17(7-16(13)19)14(2)18(22(28)30-20)8-21(27)25-15-10-23(3,4)26-24(5,6)11-15/h7,9,12,15,26H,8,10-11H2,1-6H3,(H,25,27)/p+1. The molecule has 1 saturated heterocycles. The normalized spacial score (nSPS) is 18.7. The monoisotopic (exact) mass is 411 g/mol. The van der Waals surface area contributed by atoms with Crippen molar-refractivity contribution in [3.63, 3.8) is 0 Å². The molecule has 0 aliphatic carbocycles. The summed E-state index contributed by atoms with van der Waals surface area (Å²) in [5.74, 6) is -0.135. The molecule has 0 radical (unpaired) electrons. The highest BCUT2D eigenvalue weighted by atomic mass is 16.4.